The molecule has 0 bridgehead atoms. The summed E-state index contributed by atoms with van der Waals surface area (Å²) in [6, 6.07) is 15.2. The topological polar surface area (TPSA) is 39.7 Å². The van der Waals surface area contributed by atoms with Gasteiger partial charge in [0.1, 0.15) is 5.82 Å². The van der Waals surface area contributed by atoms with Crippen molar-refractivity contribution in [2.75, 3.05) is 20.6 Å². The summed E-state index contributed by atoms with van der Waals surface area (Å²) in [5.74, 6) is 0.477. The van der Waals surface area contributed by atoms with Gasteiger partial charge in [-0.25, -0.2) is 9.38 Å². The number of aliphatic imine (C=N–C) groups is 1. The maximum atomic E-state index is 13.7. The van der Waals surface area contributed by atoms with Crippen LogP contribution >= 0.6 is 0 Å². The van der Waals surface area contributed by atoms with Gasteiger partial charge < -0.3 is 15.5 Å². The largest absolute Gasteiger partial charge is 0.357 e. The molecule has 2 rings (SSSR count). The van der Waals surface area contributed by atoms with Crippen molar-refractivity contribution in [2.24, 2.45) is 4.99 Å². The molecule has 0 aliphatic heterocycles. The number of benzene rings is 2. The zero-order valence-corrected chi connectivity index (χ0v) is 15.2. The van der Waals surface area contributed by atoms with E-state index in [9.17, 15) is 4.39 Å². The van der Waals surface area contributed by atoms with Gasteiger partial charge in [0.25, 0.3) is 0 Å². The fraction of sp³-hybridized carbons (Fsp3) is 0.350. The number of halogens is 1. The average Bonchev–Trinajstić information content (AvgIpc) is 2.59. The third-order valence-electron chi connectivity index (χ3n) is 3.69. The molecule has 25 heavy (non-hydrogen) atoms. The highest BCUT2D eigenvalue weighted by Gasteiger charge is 2.03. The molecule has 0 saturated carbocycles. The normalized spacial score (nSPS) is 11.6. The molecule has 2 aromatic rings. The maximum Gasteiger partial charge on any atom is 0.191 e. The summed E-state index contributed by atoms with van der Waals surface area (Å²) in [6.07, 6.45) is 0. The van der Waals surface area contributed by atoms with Crippen LogP contribution in [0.2, 0.25) is 0 Å². The molecular weight excluding hydrogens is 315 g/mol. The van der Waals surface area contributed by atoms with Crippen molar-refractivity contribution in [2.45, 2.75) is 26.6 Å². The molecule has 2 aromatic carbocycles. The van der Waals surface area contributed by atoms with E-state index in [1.54, 1.807) is 12.1 Å². The van der Waals surface area contributed by atoms with Gasteiger partial charge in [0.2, 0.25) is 0 Å². The number of guanidine groups is 1. The van der Waals surface area contributed by atoms with E-state index in [4.69, 9.17) is 0 Å². The Labute approximate surface area is 149 Å². The molecule has 0 heterocycles. The smallest absolute Gasteiger partial charge is 0.191 e. The Morgan fingerprint density at radius 2 is 1.68 bits per heavy atom. The molecule has 2 N–H and O–H groups in total. The van der Waals surface area contributed by atoms with Crippen molar-refractivity contribution in [3.05, 3.63) is 71.0 Å². The summed E-state index contributed by atoms with van der Waals surface area (Å²) < 4.78 is 13.7. The fourth-order valence-electron chi connectivity index (χ4n) is 2.45. The second-order valence-corrected chi connectivity index (χ2v) is 6.19. The summed E-state index contributed by atoms with van der Waals surface area (Å²) in [5.41, 5.74) is 3.05. The van der Waals surface area contributed by atoms with E-state index in [0.717, 1.165) is 18.7 Å². The van der Waals surface area contributed by atoms with Crippen LogP contribution in [0.5, 0.6) is 0 Å². The lowest BCUT2D eigenvalue weighted by Gasteiger charge is -2.12. The predicted molar refractivity (Wildman–Crippen MR) is 102 cm³/mol. The first kappa shape index (κ1) is 18.9. The van der Waals surface area contributed by atoms with E-state index in [0.29, 0.717) is 24.6 Å². The summed E-state index contributed by atoms with van der Waals surface area (Å²) in [5, 5.41) is 6.37. The Bertz CT molecular complexity index is 680. The van der Waals surface area contributed by atoms with Crippen molar-refractivity contribution < 1.29 is 4.39 Å². The van der Waals surface area contributed by atoms with Gasteiger partial charge in [0.05, 0.1) is 6.54 Å². The third kappa shape index (κ3) is 6.55. The standard InChI is InChI=1S/C20H27FN4/c1-4-22-20(24-14-18-7-5-6-8-19(18)21)23-13-16-9-11-17(12-10-16)15-25(2)3/h5-12H,4,13-15H2,1-3H3,(H2,22,23,24). The molecule has 0 unspecified atom stereocenters. The quantitative estimate of drug-likeness (QED) is 0.600. The van der Waals surface area contributed by atoms with E-state index in [-0.39, 0.29) is 5.82 Å². The predicted octanol–water partition coefficient (Wildman–Crippen LogP) is 3.14. The fourth-order valence-corrected chi connectivity index (χ4v) is 2.45. The minimum absolute atomic E-state index is 0.206. The van der Waals surface area contributed by atoms with Crippen LogP contribution in [0.25, 0.3) is 0 Å². The maximum absolute atomic E-state index is 13.7. The van der Waals surface area contributed by atoms with E-state index < -0.39 is 0 Å². The van der Waals surface area contributed by atoms with Crippen molar-refractivity contribution in [3.63, 3.8) is 0 Å². The summed E-state index contributed by atoms with van der Waals surface area (Å²) in [4.78, 5) is 6.72. The van der Waals surface area contributed by atoms with Crippen LogP contribution in [0.1, 0.15) is 23.6 Å². The van der Waals surface area contributed by atoms with Crippen LogP contribution in [0, 0.1) is 5.82 Å². The van der Waals surface area contributed by atoms with Gasteiger partial charge >= 0.3 is 0 Å². The van der Waals surface area contributed by atoms with Gasteiger partial charge in [-0.1, -0.05) is 42.5 Å². The SMILES string of the molecule is CCNC(=NCc1ccc(CN(C)C)cc1)NCc1ccccc1F. The summed E-state index contributed by atoms with van der Waals surface area (Å²) in [6.45, 7) is 4.67. The molecule has 0 aromatic heterocycles. The third-order valence-corrected chi connectivity index (χ3v) is 3.69. The van der Waals surface area contributed by atoms with Gasteiger partial charge in [0, 0.05) is 25.2 Å². The first-order chi connectivity index (χ1) is 12.1. The molecule has 0 aliphatic rings. The van der Waals surface area contributed by atoms with E-state index in [2.05, 4.69) is 58.9 Å². The number of nitrogens with zero attached hydrogens (tertiary/aromatic N) is 2. The Hall–Kier alpha value is -2.40. The van der Waals surface area contributed by atoms with Crippen LogP contribution in [0.3, 0.4) is 0 Å². The Kier molecular flexibility index (Phi) is 7.41. The van der Waals surface area contributed by atoms with Gasteiger partial charge in [-0.15, -0.1) is 0 Å². The molecule has 0 amide bonds. The Morgan fingerprint density at radius 3 is 2.32 bits per heavy atom. The number of hydrogen-bond donors (Lipinski definition) is 2. The van der Waals surface area contributed by atoms with Gasteiger partial charge in [-0.2, -0.15) is 0 Å². The monoisotopic (exact) mass is 342 g/mol. The van der Waals surface area contributed by atoms with Crippen molar-refractivity contribution in [3.8, 4) is 0 Å². The lowest BCUT2D eigenvalue weighted by Crippen LogP contribution is -2.37. The highest BCUT2D eigenvalue weighted by atomic mass is 19.1. The summed E-state index contributed by atoms with van der Waals surface area (Å²) in [7, 11) is 4.12. The zero-order chi connectivity index (χ0) is 18.1. The average molecular weight is 342 g/mol. The molecule has 0 spiro atoms. The molecule has 4 nitrogen and oxygen atoms in total. The van der Waals surface area contributed by atoms with Crippen molar-refractivity contribution in [1.82, 2.24) is 15.5 Å². The second kappa shape index (κ2) is 9.79. The van der Waals surface area contributed by atoms with E-state index in [1.807, 2.05) is 13.0 Å². The molecule has 0 atom stereocenters. The highest BCUT2D eigenvalue weighted by molar-refractivity contribution is 5.79. The number of hydrogen-bond acceptors (Lipinski definition) is 2. The van der Waals surface area contributed by atoms with Crippen LogP contribution in [-0.2, 0) is 19.6 Å². The molecule has 0 fully saturated rings. The van der Waals surface area contributed by atoms with Crippen molar-refractivity contribution >= 4 is 5.96 Å². The highest BCUT2D eigenvalue weighted by Crippen LogP contribution is 2.08. The number of rotatable bonds is 7. The minimum Gasteiger partial charge on any atom is -0.357 e. The van der Waals surface area contributed by atoms with E-state index >= 15 is 0 Å². The summed E-state index contributed by atoms with van der Waals surface area (Å²) >= 11 is 0. The molecule has 5 heteroatoms. The number of nitrogens with one attached hydrogen (secondary N) is 2. The Morgan fingerprint density at radius 1 is 1.00 bits per heavy atom. The zero-order valence-electron chi connectivity index (χ0n) is 15.2. The van der Waals surface area contributed by atoms with Gasteiger partial charge in [-0.3, -0.25) is 0 Å². The molecule has 0 radical (unpaired) electrons. The van der Waals surface area contributed by atoms with Crippen LogP contribution < -0.4 is 10.6 Å². The van der Waals surface area contributed by atoms with Crippen LogP contribution in [-0.4, -0.2) is 31.5 Å². The van der Waals surface area contributed by atoms with Gasteiger partial charge in [0.15, 0.2) is 5.96 Å². The first-order valence-corrected chi connectivity index (χ1v) is 8.56. The first-order valence-electron chi connectivity index (χ1n) is 8.56. The van der Waals surface area contributed by atoms with Crippen LogP contribution in [0.4, 0.5) is 4.39 Å². The van der Waals surface area contributed by atoms with Gasteiger partial charge in [-0.05, 0) is 38.2 Å². The molecule has 0 saturated heterocycles. The second-order valence-electron chi connectivity index (χ2n) is 6.19. The molecular formula is C20H27FN4. The van der Waals surface area contributed by atoms with Crippen LogP contribution in [0.15, 0.2) is 53.5 Å². The lowest BCUT2D eigenvalue weighted by molar-refractivity contribution is 0.402. The molecule has 0 aliphatic carbocycles. The molecule has 134 valence electrons. The Balaban J connectivity index is 1.95. The van der Waals surface area contributed by atoms with Crippen molar-refractivity contribution in [1.29, 1.82) is 0 Å². The lowest BCUT2D eigenvalue weighted by atomic mass is 10.1. The van der Waals surface area contributed by atoms with E-state index in [1.165, 1.54) is 11.6 Å². The minimum atomic E-state index is -0.206.